The lowest BCUT2D eigenvalue weighted by Gasteiger charge is -2.40. The Balaban J connectivity index is 0.000000239. The molecular weight excluding hydrogens is 1020 g/mol. The molecule has 70 heavy (non-hydrogen) atoms. The number of hydrogen-bond acceptors (Lipinski definition) is 13. The van der Waals surface area contributed by atoms with E-state index in [9.17, 15) is 49.5 Å². The van der Waals surface area contributed by atoms with Crippen LogP contribution >= 0.6 is 23.2 Å². The number of sulfonamides is 2. The molecule has 25 heteroatoms. The van der Waals surface area contributed by atoms with Crippen LogP contribution in [0.4, 0.5) is 9.59 Å². The summed E-state index contributed by atoms with van der Waals surface area (Å²) < 4.78 is 101. The van der Waals surface area contributed by atoms with E-state index in [0.29, 0.717) is 26.3 Å². The Morgan fingerprint density at radius 3 is 1.70 bits per heavy atom. The Bertz CT molecular complexity index is 3130. The number of nitrogens with one attached hydrogen (secondary N) is 1. The largest absolute Gasteiger partial charge is 0.481 e. The van der Waals surface area contributed by atoms with Crippen molar-refractivity contribution in [3.63, 3.8) is 0 Å². The van der Waals surface area contributed by atoms with Crippen molar-refractivity contribution in [2.75, 3.05) is 46.4 Å². The summed E-state index contributed by atoms with van der Waals surface area (Å²) in [7, 11) is -11.6. The number of H-pyrrole nitrogens is 1. The molecule has 4 heterocycles. The molecule has 380 valence electrons. The van der Waals surface area contributed by atoms with Gasteiger partial charge < -0.3 is 34.1 Å². The van der Waals surface area contributed by atoms with Gasteiger partial charge in [0.1, 0.15) is 16.2 Å². The lowest BCUT2D eigenvalue weighted by atomic mass is 10.1. The summed E-state index contributed by atoms with van der Waals surface area (Å²) in [6.07, 6.45) is -2.05. The van der Waals surface area contributed by atoms with Crippen LogP contribution in [0.25, 0.3) is 21.8 Å². The summed E-state index contributed by atoms with van der Waals surface area (Å²) in [4.78, 5) is 54.3. The standard InChI is InChI=1S/C26H30ClN3O8S2.C19H24ClN3O6S/c1-26(2,3)38-25(32)29-13-12-28(17-20(29)16-24(31)37-4)40(35,36)23-15-18-14-19(27)10-11-22(18)30(23)39(33,34)21-8-6-5-7-9-21;1-19(2,3)29-18(26)23-7-6-22(11-14(23)10-17(24)25)30(27,28)16-9-12-8-13(20)4-5-15(12)21-16/h5-11,14-15,20H,12-13,16-17H2,1-4H3;4-5,8-9,14,21H,6-7,10-11H2,1-3H3,(H,24,25). The highest BCUT2D eigenvalue weighted by atomic mass is 35.5. The number of ether oxygens (including phenoxy) is 3. The predicted molar refractivity (Wildman–Crippen MR) is 259 cm³/mol. The van der Waals surface area contributed by atoms with Gasteiger partial charge in [-0.25, -0.2) is 38.8 Å². The fourth-order valence-corrected chi connectivity index (χ4v) is 13.2. The molecular formula is C45H54Cl2N6O14S3. The second-order valence-electron chi connectivity index (χ2n) is 18.4. The number of piperazine rings is 2. The van der Waals surface area contributed by atoms with Gasteiger partial charge in [-0.15, -0.1) is 0 Å². The van der Waals surface area contributed by atoms with Crippen LogP contribution in [0.5, 0.6) is 0 Å². The Hall–Kier alpha value is -5.43. The van der Waals surface area contributed by atoms with E-state index in [1.54, 1.807) is 65.8 Å². The number of esters is 1. The number of carbonyl (C=O) groups is 4. The number of carboxylic acids is 1. The van der Waals surface area contributed by atoms with Crippen LogP contribution in [0, 0.1) is 0 Å². The monoisotopic (exact) mass is 1070 g/mol. The molecule has 7 rings (SSSR count). The zero-order valence-corrected chi connectivity index (χ0v) is 43.2. The molecule has 5 aromatic rings. The first-order valence-corrected chi connectivity index (χ1v) is 26.8. The van der Waals surface area contributed by atoms with Gasteiger partial charge in [-0.1, -0.05) is 41.4 Å². The maximum Gasteiger partial charge on any atom is 0.410 e. The second-order valence-corrected chi connectivity index (χ2v) is 24.8. The normalized spacial score (nSPS) is 17.7. The molecule has 2 unspecified atom stereocenters. The molecule has 2 fully saturated rings. The molecule has 3 aromatic carbocycles. The van der Waals surface area contributed by atoms with Crippen LogP contribution in [0.3, 0.4) is 0 Å². The first kappa shape index (κ1) is 53.9. The number of halogens is 2. The Morgan fingerprint density at radius 2 is 1.17 bits per heavy atom. The maximum absolute atomic E-state index is 14.1. The lowest BCUT2D eigenvalue weighted by Crippen LogP contribution is -2.58. The van der Waals surface area contributed by atoms with Crippen molar-refractivity contribution in [1.82, 2.24) is 27.4 Å². The van der Waals surface area contributed by atoms with Crippen molar-refractivity contribution in [3.8, 4) is 0 Å². The minimum absolute atomic E-state index is 0.0143. The number of fused-ring (bicyclic) bond motifs is 2. The number of carbonyl (C=O) groups excluding carboxylic acids is 3. The molecule has 0 spiro atoms. The summed E-state index contributed by atoms with van der Waals surface area (Å²) in [6, 6.07) is 17.8. The van der Waals surface area contributed by atoms with Gasteiger partial charge in [-0.3, -0.25) is 9.59 Å². The molecule has 0 radical (unpaired) electrons. The molecule has 2 aliphatic rings. The zero-order valence-electron chi connectivity index (χ0n) is 39.3. The number of rotatable bonds is 10. The summed E-state index contributed by atoms with van der Waals surface area (Å²) in [5.74, 6) is -1.78. The molecule has 0 saturated carbocycles. The minimum Gasteiger partial charge on any atom is -0.481 e. The third kappa shape index (κ3) is 12.4. The number of nitrogens with zero attached hydrogens (tertiary/aromatic N) is 5. The van der Waals surface area contributed by atoms with Gasteiger partial charge in [-0.2, -0.15) is 8.61 Å². The van der Waals surface area contributed by atoms with Crippen LogP contribution < -0.4 is 0 Å². The number of methoxy groups -OCH3 is 1. The molecule has 2 atom stereocenters. The maximum atomic E-state index is 14.1. The van der Waals surface area contributed by atoms with Gasteiger partial charge in [0, 0.05) is 65.6 Å². The van der Waals surface area contributed by atoms with Gasteiger partial charge in [-0.05, 0) is 102 Å². The van der Waals surface area contributed by atoms with Crippen molar-refractivity contribution in [1.29, 1.82) is 0 Å². The van der Waals surface area contributed by atoms with Crippen LogP contribution in [0.1, 0.15) is 54.4 Å². The number of aromatic amines is 1. The smallest absolute Gasteiger partial charge is 0.410 e. The number of aromatic nitrogens is 2. The number of benzene rings is 3. The molecule has 0 bridgehead atoms. The van der Waals surface area contributed by atoms with E-state index < -0.39 is 88.9 Å². The topological polar surface area (TPSA) is 252 Å². The number of amides is 2. The molecule has 0 aliphatic carbocycles. The van der Waals surface area contributed by atoms with E-state index in [1.807, 2.05) is 0 Å². The number of aliphatic carboxylic acids is 1. The first-order chi connectivity index (χ1) is 32.5. The van der Waals surface area contributed by atoms with E-state index in [1.165, 1.54) is 75.8 Å². The molecule has 2 aromatic heterocycles. The highest BCUT2D eigenvalue weighted by Gasteiger charge is 2.43. The fraction of sp³-hybridized carbons (Fsp3) is 0.422. The molecule has 20 nitrogen and oxygen atoms in total. The van der Waals surface area contributed by atoms with Crippen LogP contribution in [-0.4, -0.2) is 152 Å². The van der Waals surface area contributed by atoms with E-state index in [0.717, 1.165) is 8.28 Å². The van der Waals surface area contributed by atoms with Gasteiger partial charge in [0.15, 0.2) is 5.03 Å². The van der Waals surface area contributed by atoms with Crippen molar-refractivity contribution >= 4 is 99.2 Å². The Labute approximate surface area is 416 Å². The van der Waals surface area contributed by atoms with Crippen molar-refractivity contribution in [2.24, 2.45) is 0 Å². The van der Waals surface area contributed by atoms with Crippen LogP contribution in [-0.2, 0) is 53.9 Å². The molecule has 2 saturated heterocycles. The van der Waals surface area contributed by atoms with Gasteiger partial charge >= 0.3 is 24.1 Å². The summed E-state index contributed by atoms with van der Waals surface area (Å²) in [5.41, 5.74) is -0.818. The molecule has 2 N–H and O–H groups in total. The molecule has 2 aliphatic heterocycles. The van der Waals surface area contributed by atoms with E-state index in [2.05, 4.69) is 4.98 Å². The van der Waals surface area contributed by atoms with Gasteiger partial charge in [0.05, 0.1) is 42.4 Å². The summed E-state index contributed by atoms with van der Waals surface area (Å²) >= 11 is 12.1. The van der Waals surface area contributed by atoms with Crippen molar-refractivity contribution < 1.29 is 63.7 Å². The van der Waals surface area contributed by atoms with E-state index >= 15 is 0 Å². The van der Waals surface area contributed by atoms with Crippen molar-refractivity contribution in [3.05, 3.63) is 88.9 Å². The lowest BCUT2D eigenvalue weighted by molar-refractivity contribution is -0.142. The Kier molecular flexibility index (Phi) is 16.0. The average Bonchev–Trinajstić information content (AvgIpc) is 3.88. The van der Waals surface area contributed by atoms with E-state index in [4.69, 9.17) is 37.4 Å². The fourth-order valence-electron chi connectivity index (χ4n) is 7.79. The highest BCUT2D eigenvalue weighted by molar-refractivity contribution is 7.92. The third-order valence-corrected chi connectivity index (χ3v) is 16.9. The third-order valence-electron chi connectivity index (χ3n) is 10.9. The van der Waals surface area contributed by atoms with Crippen LogP contribution in [0.15, 0.2) is 93.8 Å². The van der Waals surface area contributed by atoms with Gasteiger partial charge in [0.2, 0.25) is 0 Å². The minimum atomic E-state index is -4.48. The average molecular weight is 1070 g/mol. The zero-order chi connectivity index (χ0) is 51.7. The summed E-state index contributed by atoms with van der Waals surface area (Å²) in [5, 5.41) is 10.5. The Morgan fingerprint density at radius 1 is 0.657 bits per heavy atom. The van der Waals surface area contributed by atoms with Crippen LogP contribution in [0.2, 0.25) is 10.0 Å². The predicted octanol–water partition coefficient (Wildman–Crippen LogP) is 6.61. The van der Waals surface area contributed by atoms with Crippen molar-refractivity contribution in [2.45, 2.75) is 92.6 Å². The highest BCUT2D eigenvalue weighted by Crippen LogP contribution is 2.34. The summed E-state index contributed by atoms with van der Waals surface area (Å²) in [6.45, 7) is 9.57. The quantitative estimate of drug-likeness (QED) is 0.110. The number of hydrogen-bond donors (Lipinski definition) is 2. The number of carboxylic acid groups (broad SMARTS) is 1. The van der Waals surface area contributed by atoms with E-state index in [-0.39, 0.29) is 61.1 Å². The first-order valence-electron chi connectivity index (χ1n) is 21.7. The second kappa shape index (κ2) is 20.7. The van der Waals surface area contributed by atoms with Gasteiger partial charge in [0.25, 0.3) is 30.1 Å². The SMILES string of the molecule is CC(C)(C)OC(=O)N1CCN(S(=O)(=O)c2cc3cc(Cl)ccc3[nH]2)CC1CC(=O)O.COC(=O)CC1CN(S(=O)(=O)c2cc3cc(Cl)ccc3n2S(=O)(=O)c2ccccc2)CCN1C(=O)OC(C)(C)C. The molecule has 2 amide bonds.